The topological polar surface area (TPSA) is 35.8 Å². The predicted octanol–water partition coefficient (Wildman–Crippen LogP) is 5.44. The molecule has 1 aromatic carbocycles. The first-order valence-corrected chi connectivity index (χ1v) is 8.55. The second-order valence-corrected chi connectivity index (χ2v) is 5.98. The number of halogens is 1. The van der Waals surface area contributed by atoms with Crippen LogP contribution in [0.3, 0.4) is 0 Å². The molecule has 1 N–H and O–H groups in total. The largest absolute Gasteiger partial charge is 0.313 e. The third kappa shape index (κ3) is 8.09. The summed E-state index contributed by atoms with van der Waals surface area (Å²) in [5.74, 6) is 0. The molecule has 0 bridgehead atoms. The van der Waals surface area contributed by atoms with Crippen LogP contribution in [0.5, 0.6) is 0 Å². The summed E-state index contributed by atoms with van der Waals surface area (Å²) in [6.07, 6.45) is 10.7. The van der Waals surface area contributed by atoms with E-state index in [1.807, 2.05) is 12.1 Å². The van der Waals surface area contributed by atoms with Crippen molar-refractivity contribution in [2.24, 2.45) is 0 Å². The van der Waals surface area contributed by atoms with Gasteiger partial charge in [-0.25, -0.2) is 0 Å². The number of nitriles is 1. The molecule has 0 saturated heterocycles. The van der Waals surface area contributed by atoms with Crippen LogP contribution in [-0.4, -0.2) is 6.54 Å². The Balaban J connectivity index is 2.03. The summed E-state index contributed by atoms with van der Waals surface area (Å²) in [6.45, 7) is 4.07. The molecule has 0 radical (unpaired) electrons. The normalized spacial score (nSPS) is 10.5. The maximum Gasteiger partial charge on any atom is 0.0992 e. The second-order valence-electron chi connectivity index (χ2n) is 5.57. The molecule has 0 saturated carbocycles. The molecule has 0 spiro atoms. The second kappa shape index (κ2) is 11.6. The van der Waals surface area contributed by atoms with Crippen LogP contribution in [0, 0.1) is 11.3 Å². The lowest BCUT2D eigenvalue weighted by molar-refractivity contribution is 0.555. The molecule has 0 amide bonds. The fourth-order valence-corrected chi connectivity index (χ4v) is 2.61. The first-order chi connectivity index (χ1) is 10.3. The first-order valence-electron chi connectivity index (χ1n) is 8.17. The lowest BCUT2D eigenvalue weighted by atomic mass is 10.1. The van der Waals surface area contributed by atoms with Gasteiger partial charge in [0.25, 0.3) is 0 Å². The van der Waals surface area contributed by atoms with E-state index in [9.17, 15) is 0 Å². The van der Waals surface area contributed by atoms with Crippen molar-refractivity contribution in [3.8, 4) is 6.07 Å². The Hall–Kier alpha value is -1.04. The number of rotatable bonds is 11. The molecule has 0 heterocycles. The van der Waals surface area contributed by atoms with E-state index in [4.69, 9.17) is 16.9 Å². The zero-order valence-electron chi connectivity index (χ0n) is 13.1. The molecular weight excluding hydrogens is 280 g/mol. The fraction of sp³-hybridized carbons (Fsp3) is 0.611. The molecule has 2 nitrogen and oxygen atoms in total. The monoisotopic (exact) mass is 306 g/mol. The van der Waals surface area contributed by atoms with E-state index in [1.165, 1.54) is 51.4 Å². The first kappa shape index (κ1) is 18.0. The molecule has 0 atom stereocenters. The van der Waals surface area contributed by atoms with Crippen LogP contribution in [0.15, 0.2) is 18.2 Å². The van der Waals surface area contributed by atoms with Gasteiger partial charge in [-0.15, -0.1) is 0 Å². The van der Waals surface area contributed by atoms with Crippen LogP contribution >= 0.6 is 11.6 Å². The van der Waals surface area contributed by atoms with E-state index >= 15 is 0 Å². The zero-order chi connectivity index (χ0) is 15.3. The Morgan fingerprint density at radius 2 is 1.71 bits per heavy atom. The third-order valence-electron chi connectivity index (χ3n) is 3.70. The van der Waals surface area contributed by atoms with Crippen molar-refractivity contribution in [3.05, 3.63) is 34.3 Å². The molecule has 0 aromatic heterocycles. The molecule has 3 heteroatoms. The summed E-state index contributed by atoms with van der Waals surface area (Å²) in [5.41, 5.74) is 1.68. The lowest BCUT2D eigenvalue weighted by Gasteiger charge is -2.07. The predicted molar refractivity (Wildman–Crippen MR) is 90.5 cm³/mol. The lowest BCUT2D eigenvalue weighted by Crippen LogP contribution is -2.14. The van der Waals surface area contributed by atoms with E-state index in [-0.39, 0.29) is 0 Å². The highest BCUT2D eigenvalue weighted by Crippen LogP contribution is 2.17. The van der Waals surface area contributed by atoms with Crippen LogP contribution < -0.4 is 5.32 Å². The average Bonchev–Trinajstić information content (AvgIpc) is 2.50. The highest BCUT2D eigenvalue weighted by Gasteiger charge is 2.01. The van der Waals surface area contributed by atoms with Crippen LogP contribution in [0.25, 0.3) is 0 Å². The van der Waals surface area contributed by atoms with Crippen LogP contribution in [0.4, 0.5) is 0 Å². The number of nitrogens with zero attached hydrogens (tertiary/aromatic N) is 1. The highest BCUT2D eigenvalue weighted by molar-refractivity contribution is 6.31. The van der Waals surface area contributed by atoms with Crippen molar-refractivity contribution in [2.75, 3.05) is 6.54 Å². The Morgan fingerprint density at radius 3 is 2.33 bits per heavy atom. The Kier molecular flexibility index (Phi) is 9.95. The summed E-state index contributed by atoms with van der Waals surface area (Å²) in [5, 5.41) is 12.9. The minimum Gasteiger partial charge on any atom is -0.313 e. The van der Waals surface area contributed by atoms with Gasteiger partial charge in [-0.1, -0.05) is 69.5 Å². The van der Waals surface area contributed by atoms with Gasteiger partial charge in [0.2, 0.25) is 0 Å². The summed E-state index contributed by atoms with van der Waals surface area (Å²) in [7, 11) is 0. The molecule has 0 fully saturated rings. The molecule has 0 aliphatic heterocycles. The van der Waals surface area contributed by atoms with Gasteiger partial charge < -0.3 is 5.32 Å². The molecule has 0 unspecified atom stereocenters. The molecule has 1 aromatic rings. The van der Waals surface area contributed by atoms with Crippen LogP contribution in [0.2, 0.25) is 5.02 Å². The quantitative estimate of drug-likeness (QED) is 0.552. The Bertz CT molecular complexity index is 437. The number of benzene rings is 1. The van der Waals surface area contributed by atoms with Crippen molar-refractivity contribution in [3.63, 3.8) is 0 Å². The number of hydrogen-bond donors (Lipinski definition) is 1. The van der Waals surface area contributed by atoms with E-state index in [0.717, 1.165) is 18.7 Å². The zero-order valence-corrected chi connectivity index (χ0v) is 13.9. The summed E-state index contributed by atoms with van der Waals surface area (Å²) in [4.78, 5) is 0. The molecule has 0 aliphatic rings. The van der Waals surface area contributed by atoms with E-state index in [0.29, 0.717) is 10.6 Å². The highest BCUT2D eigenvalue weighted by atomic mass is 35.5. The summed E-state index contributed by atoms with van der Waals surface area (Å²) in [6, 6.07) is 7.58. The van der Waals surface area contributed by atoms with Crippen LogP contribution in [0.1, 0.15) is 69.4 Å². The Morgan fingerprint density at radius 1 is 1.05 bits per heavy atom. The number of unbranched alkanes of at least 4 members (excludes halogenated alkanes) is 7. The van der Waals surface area contributed by atoms with Gasteiger partial charge in [0, 0.05) is 11.6 Å². The van der Waals surface area contributed by atoms with Crippen molar-refractivity contribution >= 4 is 11.6 Å². The van der Waals surface area contributed by atoms with Gasteiger partial charge in [-0.3, -0.25) is 0 Å². The average molecular weight is 307 g/mol. The van der Waals surface area contributed by atoms with Crippen LogP contribution in [-0.2, 0) is 6.54 Å². The molecule has 1 rings (SSSR count). The fourth-order valence-electron chi connectivity index (χ4n) is 2.37. The van der Waals surface area contributed by atoms with Crippen molar-refractivity contribution in [1.82, 2.24) is 5.32 Å². The van der Waals surface area contributed by atoms with Gasteiger partial charge in [0.05, 0.1) is 11.6 Å². The smallest absolute Gasteiger partial charge is 0.0992 e. The maximum atomic E-state index is 8.79. The van der Waals surface area contributed by atoms with Gasteiger partial charge in [-0.05, 0) is 30.7 Å². The summed E-state index contributed by atoms with van der Waals surface area (Å²) >= 11 is 6.14. The van der Waals surface area contributed by atoms with Gasteiger partial charge in [-0.2, -0.15) is 5.26 Å². The van der Waals surface area contributed by atoms with Crippen molar-refractivity contribution < 1.29 is 0 Å². The standard InChI is InChI=1S/C18H27ClN2/c1-2-3-4-5-6-7-8-9-12-21-15-17-11-10-16(14-20)13-18(17)19/h10-11,13,21H,2-9,12,15H2,1H3. The number of nitrogens with one attached hydrogen (secondary N) is 1. The van der Waals surface area contributed by atoms with Gasteiger partial charge in [0.1, 0.15) is 0 Å². The molecule has 116 valence electrons. The van der Waals surface area contributed by atoms with Gasteiger partial charge in [0.15, 0.2) is 0 Å². The van der Waals surface area contributed by atoms with Crippen molar-refractivity contribution in [2.45, 2.75) is 64.8 Å². The van der Waals surface area contributed by atoms with E-state index < -0.39 is 0 Å². The Labute approximate surface area is 134 Å². The minimum atomic E-state index is 0.617. The van der Waals surface area contributed by atoms with E-state index in [2.05, 4.69) is 18.3 Å². The van der Waals surface area contributed by atoms with E-state index in [1.54, 1.807) is 6.07 Å². The maximum absolute atomic E-state index is 8.79. The molecular formula is C18H27ClN2. The molecule has 21 heavy (non-hydrogen) atoms. The SMILES string of the molecule is CCCCCCCCCCNCc1ccc(C#N)cc1Cl. The number of hydrogen-bond acceptors (Lipinski definition) is 2. The minimum absolute atomic E-state index is 0.617. The van der Waals surface area contributed by atoms with Crippen molar-refractivity contribution in [1.29, 1.82) is 5.26 Å². The third-order valence-corrected chi connectivity index (χ3v) is 4.06. The molecule has 0 aliphatic carbocycles. The van der Waals surface area contributed by atoms with Gasteiger partial charge >= 0.3 is 0 Å². The summed E-state index contributed by atoms with van der Waals surface area (Å²) < 4.78 is 0.